The molecule has 1 saturated heterocycles. The van der Waals surface area contributed by atoms with Crippen LogP contribution in [-0.2, 0) is 26.1 Å². The normalized spacial score (nSPS) is 16.8. The quantitative estimate of drug-likeness (QED) is 0.682. The van der Waals surface area contributed by atoms with Crippen molar-refractivity contribution in [2.24, 2.45) is 5.92 Å². The zero-order valence-corrected chi connectivity index (χ0v) is 17.7. The minimum Gasteiger partial charge on any atom is -0.452 e. The van der Waals surface area contributed by atoms with E-state index in [1.54, 1.807) is 4.90 Å². The largest absolute Gasteiger partial charge is 0.452 e. The first-order chi connectivity index (χ1) is 14.3. The molecule has 0 bridgehead atoms. The van der Waals surface area contributed by atoms with Crippen molar-refractivity contribution in [3.63, 3.8) is 0 Å². The van der Waals surface area contributed by atoms with Crippen molar-refractivity contribution >= 4 is 21.9 Å². The van der Waals surface area contributed by atoms with Gasteiger partial charge in [0.25, 0.3) is 5.91 Å². The zero-order chi connectivity index (χ0) is 21.6. The molecule has 3 rings (SSSR count). The lowest BCUT2D eigenvalue weighted by atomic mass is 10.0. The van der Waals surface area contributed by atoms with Crippen LogP contribution >= 0.6 is 0 Å². The smallest absolute Gasteiger partial charge is 0.338 e. The number of nitrogens with zero attached hydrogens (tertiary/aromatic N) is 1. The second-order valence-electron chi connectivity index (χ2n) is 7.50. The molecule has 8 heteroatoms. The van der Waals surface area contributed by atoms with Gasteiger partial charge in [0.2, 0.25) is 10.0 Å². The van der Waals surface area contributed by atoms with E-state index < -0.39 is 16.0 Å². The van der Waals surface area contributed by atoms with E-state index in [1.807, 2.05) is 30.3 Å². The van der Waals surface area contributed by atoms with Crippen LogP contribution in [0.4, 0.5) is 0 Å². The fourth-order valence-electron chi connectivity index (χ4n) is 3.37. The van der Waals surface area contributed by atoms with Crippen LogP contribution in [0.5, 0.6) is 0 Å². The fourth-order valence-corrected chi connectivity index (χ4v) is 4.43. The number of hydrogen-bond acceptors (Lipinski definition) is 5. The van der Waals surface area contributed by atoms with E-state index in [0.717, 1.165) is 18.4 Å². The average Bonchev–Trinajstić information content (AvgIpc) is 2.76. The van der Waals surface area contributed by atoms with Crippen molar-refractivity contribution in [3.8, 4) is 0 Å². The Bertz CT molecular complexity index is 992. The fraction of sp³-hybridized carbons (Fsp3) is 0.364. The summed E-state index contributed by atoms with van der Waals surface area (Å²) >= 11 is 0. The van der Waals surface area contributed by atoms with Crippen LogP contribution in [0.3, 0.4) is 0 Å². The van der Waals surface area contributed by atoms with Gasteiger partial charge in [-0.2, -0.15) is 0 Å². The third kappa shape index (κ3) is 5.90. The predicted octanol–water partition coefficient (Wildman–Crippen LogP) is 2.58. The molecular weight excluding hydrogens is 404 g/mol. The van der Waals surface area contributed by atoms with Gasteiger partial charge in [0.15, 0.2) is 6.61 Å². The summed E-state index contributed by atoms with van der Waals surface area (Å²) in [6.45, 7) is 3.21. The molecule has 1 aliphatic heterocycles. The molecule has 160 valence electrons. The Hall–Kier alpha value is -2.71. The van der Waals surface area contributed by atoms with Gasteiger partial charge in [-0.3, -0.25) is 4.79 Å². The predicted molar refractivity (Wildman–Crippen MR) is 112 cm³/mol. The number of rotatable bonds is 7. The Morgan fingerprint density at radius 3 is 2.63 bits per heavy atom. The van der Waals surface area contributed by atoms with Gasteiger partial charge in [-0.1, -0.05) is 43.3 Å². The summed E-state index contributed by atoms with van der Waals surface area (Å²) in [6.07, 6.45) is 2.03. The molecule has 30 heavy (non-hydrogen) atoms. The van der Waals surface area contributed by atoms with Gasteiger partial charge in [0, 0.05) is 19.6 Å². The summed E-state index contributed by atoms with van der Waals surface area (Å²) in [4.78, 5) is 26.3. The summed E-state index contributed by atoms with van der Waals surface area (Å²) in [6, 6.07) is 14.7. The van der Waals surface area contributed by atoms with E-state index in [-0.39, 0.29) is 29.5 Å². The van der Waals surface area contributed by atoms with Gasteiger partial charge >= 0.3 is 5.97 Å². The van der Waals surface area contributed by atoms with E-state index in [2.05, 4.69) is 11.6 Å². The summed E-state index contributed by atoms with van der Waals surface area (Å²) in [5.41, 5.74) is 0.902. The van der Waals surface area contributed by atoms with E-state index in [9.17, 15) is 18.0 Å². The molecule has 7 nitrogen and oxygen atoms in total. The number of likely N-dealkylation sites (tertiary alicyclic amines) is 1. The second-order valence-corrected chi connectivity index (χ2v) is 9.27. The molecule has 1 unspecified atom stereocenters. The number of sulfonamides is 1. The maximum absolute atomic E-state index is 12.6. The number of carbonyl (C=O) groups excluding carboxylic acids is 2. The van der Waals surface area contributed by atoms with E-state index in [0.29, 0.717) is 19.0 Å². The topological polar surface area (TPSA) is 92.8 Å². The van der Waals surface area contributed by atoms with Crippen molar-refractivity contribution in [2.75, 3.05) is 19.7 Å². The third-order valence-corrected chi connectivity index (χ3v) is 6.42. The monoisotopic (exact) mass is 430 g/mol. The zero-order valence-electron chi connectivity index (χ0n) is 16.9. The number of hydrogen-bond donors (Lipinski definition) is 1. The molecule has 0 aromatic heterocycles. The maximum atomic E-state index is 12.6. The summed E-state index contributed by atoms with van der Waals surface area (Å²) in [5, 5.41) is 0. The van der Waals surface area contributed by atoms with Crippen molar-refractivity contribution in [1.82, 2.24) is 9.62 Å². The Morgan fingerprint density at radius 1 is 1.13 bits per heavy atom. The number of amides is 1. The van der Waals surface area contributed by atoms with Crippen molar-refractivity contribution < 1.29 is 22.7 Å². The highest BCUT2D eigenvalue weighted by atomic mass is 32.2. The van der Waals surface area contributed by atoms with E-state index >= 15 is 0 Å². The highest BCUT2D eigenvalue weighted by Crippen LogP contribution is 2.16. The number of nitrogens with one attached hydrogen (secondary N) is 1. The van der Waals surface area contributed by atoms with Gasteiger partial charge in [0.05, 0.1) is 10.5 Å². The molecule has 1 N–H and O–H groups in total. The number of esters is 1. The molecule has 0 spiro atoms. The summed E-state index contributed by atoms with van der Waals surface area (Å²) in [7, 11) is -3.80. The average molecular weight is 431 g/mol. The maximum Gasteiger partial charge on any atom is 0.338 e. The molecule has 2 aromatic rings. The molecule has 1 atom stereocenters. The molecular formula is C22H26N2O5S. The Morgan fingerprint density at radius 2 is 1.90 bits per heavy atom. The van der Waals surface area contributed by atoms with Gasteiger partial charge in [-0.25, -0.2) is 17.9 Å². The lowest BCUT2D eigenvalue weighted by molar-refractivity contribution is -0.136. The van der Waals surface area contributed by atoms with Crippen LogP contribution in [0, 0.1) is 5.92 Å². The van der Waals surface area contributed by atoms with Crippen LogP contribution in [0.25, 0.3) is 0 Å². The van der Waals surface area contributed by atoms with Crippen molar-refractivity contribution in [3.05, 3.63) is 65.7 Å². The highest BCUT2D eigenvalue weighted by molar-refractivity contribution is 7.89. The van der Waals surface area contributed by atoms with E-state index in [4.69, 9.17) is 4.74 Å². The van der Waals surface area contributed by atoms with Crippen LogP contribution < -0.4 is 4.72 Å². The van der Waals surface area contributed by atoms with E-state index in [1.165, 1.54) is 24.3 Å². The SMILES string of the molecule is CC1CCCN(C(=O)COC(=O)c2cccc(S(=O)(=O)NCc3ccccc3)c2)C1. The molecule has 0 aliphatic carbocycles. The standard InChI is InChI=1S/C22H26N2O5S/c1-17-7-6-12-24(15-17)21(25)16-29-22(26)19-10-5-11-20(13-19)30(27,28)23-14-18-8-3-2-4-9-18/h2-5,8-11,13,17,23H,6-7,12,14-16H2,1H3. The minimum absolute atomic E-state index is 0.0379. The molecule has 1 amide bonds. The van der Waals surface area contributed by atoms with Crippen LogP contribution in [0.2, 0.25) is 0 Å². The first kappa shape index (κ1) is 22.0. The second kappa shape index (κ2) is 9.86. The third-order valence-electron chi connectivity index (χ3n) is 5.03. The number of ether oxygens (including phenoxy) is 1. The molecule has 1 heterocycles. The van der Waals surface area contributed by atoms with Gasteiger partial charge in [-0.15, -0.1) is 0 Å². The lowest BCUT2D eigenvalue weighted by Gasteiger charge is -2.30. The van der Waals surface area contributed by atoms with Gasteiger partial charge < -0.3 is 9.64 Å². The number of piperidine rings is 1. The van der Waals surface area contributed by atoms with Crippen molar-refractivity contribution in [2.45, 2.75) is 31.2 Å². The molecule has 2 aromatic carbocycles. The Kier molecular flexibility index (Phi) is 7.23. The number of carbonyl (C=O) groups is 2. The molecule has 1 fully saturated rings. The Balaban J connectivity index is 1.59. The molecule has 0 saturated carbocycles. The van der Waals surface area contributed by atoms with Crippen LogP contribution in [-0.4, -0.2) is 44.9 Å². The lowest BCUT2D eigenvalue weighted by Crippen LogP contribution is -2.41. The highest BCUT2D eigenvalue weighted by Gasteiger charge is 2.22. The molecule has 1 aliphatic rings. The summed E-state index contributed by atoms with van der Waals surface area (Å²) < 4.78 is 32.8. The van der Waals surface area contributed by atoms with Crippen LogP contribution in [0.15, 0.2) is 59.5 Å². The first-order valence-corrected chi connectivity index (χ1v) is 11.4. The van der Waals surface area contributed by atoms with Crippen LogP contribution in [0.1, 0.15) is 35.7 Å². The minimum atomic E-state index is -3.80. The number of benzene rings is 2. The molecule has 0 radical (unpaired) electrons. The van der Waals surface area contributed by atoms with Crippen molar-refractivity contribution in [1.29, 1.82) is 0 Å². The Labute approximate surface area is 177 Å². The first-order valence-electron chi connectivity index (χ1n) is 9.94. The summed E-state index contributed by atoms with van der Waals surface area (Å²) in [5.74, 6) is -0.527. The van der Waals surface area contributed by atoms with Gasteiger partial charge in [0.1, 0.15) is 0 Å². The van der Waals surface area contributed by atoms with Gasteiger partial charge in [-0.05, 0) is 42.5 Å².